The number of nitrogens with zero attached hydrogens (tertiary/aromatic N) is 2. The topological polar surface area (TPSA) is 17.3 Å². The molecule has 0 atom stereocenters. The van der Waals surface area contributed by atoms with Crippen molar-refractivity contribution < 1.29 is 0 Å². The third-order valence-corrected chi connectivity index (χ3v) is 6.86. The van der Waals surface area contributed by atoms with Gasteiger partial charge < -0.3 is 0 Å². The van der Waals surface area contributed by atoms with Gasteiger partial charge in [-0.2, -0.15) is 11.8 Å². The fourth-order valence-corrected chi connectivity index (χ4v) is 4.56. The number of halogens is 2. The zero-order valence-corrected chi connectivity index (χ0v) is 16.4. The molecule has 0 radical (unpaired) electrons. The Kier molecular flexibility index (Phi) is 4.95. The van der Waals surface area contributed by atoms with Crippen LogP contribution in [-0.4, -0.2) is 9.38 Å². The summed E-state index contributed by atoms with van der Waals surface area (Å²) in [5.41, 5.74) is 5.97. The molecule has 22 heavy (non-hydrogen) atoms. The fraction of sp³-hybridized carbons (Fsp3) is 0.235. The quantitative estimate of drug-likeness (QED) is 0.502. The number of hydrogen-bond acceptors (Lipinski definition) is 2. The molecule has 0 amide bonds. The van der Waals surface area contributed by atoms with Gasteiger partial charge in [-0.3, -0.25) is 4.40 Å². The highest BCUT2D eigenvalue weighted by Crippen LogP contribution is 2.33. The van der Waals surface area contributed by atoms with Gasteiger partial charge in [-0.05, 0) is 56.8 Å². The molecule has 0 bridgehead atoms. The summed E-state index contributed by atoms with van der Waals surface area (Å²) in [7, 11) is 0. The lowest BCUT2D eigenvalue weighted by Crippen LogP contribution is -2.00. The van der Waals surface area contributed by atoms with Crippen molar-refractivity contribution in [1.29, 1.82) is 0 Å². The van der Waals surface area contributed by atoms with Crippen LogP contribution in [0.1, 0.15) is 22.5 Å². The summed E-state index contributed by atoms with van der Waals surface area (Å²) in [6, 6.07) is 10.6. The van der Waals surface area contributed by atoms with Crippen LogP contribution in [0.2, 0.25) is 0 Å². The summed E-state index contributed by atoms with van der Waals surface area (Å²) >= 11 is 9.27. The van der Waals surface area contributed by atoms with Gasteiger partial charge >= 0.3 is 0 Å². The summed E-state index contributed by atoms with van der Waals surface area (Å²) in [4.78, 5) is 4.59. The number of rotatable bonds is 4. The van der Waals surface area contributed by atoms with E-state index in [2.05, 4.69) is 85.4 Å². The monoisotopic (exact) mass is 438 g/mol. The van der Waals surface area contributed by atoms with Crippen LogP contribution in [0.3, 0.4) is 0 Å². The van der Waals surface area contributed by atoms with Crippen molar-refractivity contribution in [3.05, 3.63) is 68.0 Å². The SMILES string of the molecule is Cc1c(Br)c(C)n2c(CSCc3ccccc3)cnc2c1Br. The Balaban J connectivity index is 1.86. The summed E-state index contributed by atoms with van der Waals surface area (Å²) in [5, 5.41) is 0. The number of benzene rings is 1. The van der Waals surface area contributed by atoms with Gasteiger partial charge in [0, 0.05) is 21.7 Å². The lowest BCUT2D eigenvalue weighted by Gasteiger charge is -2.12. The second-order valence-corrected chi connectivity index (χ2v) is 7.80. The first-order chi connectivity index (χ1) is 10.6. The highest BCUT2D eigenvalue weighted by Gasteiger charge is 2.15. The van der Waals surface area contributed by atoms with E-state index in [1.807, 2.05) is 18.0 Å². The molecule has 2 nitrogen and oxygen atoms in total. The molecule has 3 aromatic rings. The van der Waals surface area contributed by atoms with Gasteiger partial charge in [-0.15, -0.1) is 0 Å². The lowest BCUT2D eigenvalue weighted by atomic mass is 10.2. The molecule has 1 aromatic carbocycles. The van der Waals surface area contributed by atoms with Crippen LogP contribution in [0.25, 0.3) is 5.65 Å². The van der Waals surface area contributed by atoms with Crippen LogP contribution >= 0.6 is 43.6 Å². The van der Waals surface area contributed by atoms with E-state index >= 15 is 0 Å². The molecular formula is C17H16Br2N2S. The van der Waals surface area contributed by atoms with Crippen LogP contribution in [0, 0.1) is 13.8 Å². The van der Waals surface area contributed by atoms with Crippen molar-refractivity contribution in [2.75, 3.05) is 0 Å². The van der Waals surface area contributed by atoms with Crippen molar-refractivity contribution in [2.24, 2.45) is 0 Å². The van der Waals surface area contributed by atoms with E-state index in [4.69, 9.17) is 0 Å². The minimum Gasteiger partial charge on any atom is -0.298 e. The third-order valence-electron chi connectivity index (χ3n) is 3.70. The first kappa shape index (κ1) is 16.1. The van der Waals surface area contributed by atoms with Crippen molar-refractivity contribution >= 4 is 49.3 Å². The number of pyridine rings is 1. The predicted octanol–water partition coefficient (Wildman–Crippen LogP) is 5.91. The van der Waals surface area contributed by atoms with Crippen molar-refractivity contribution in [1.82, 2.24) is 9.38 Å². The lowest BCUT2D eigenvalue weighted by molar-refractivity contribution is 1.00. The average molecular weight is 440 g/mol. The van der Waals surface area contributed by atoms with E-state index in [0.717, 1.165) is 26.1 Å². The summed E-state index contributed by atoms with van der Waals surface area (Å²) in [5.74, 6) is 1.96. The van der Waals surface area contributed by atoms with Crippen LogP contribution in [-0.2, 0) is 11.5 Å². The Morgan fingerprint density at radius 3 is 2.50 bits per heavy atom. The molecule has 0 N–H and O–H groups in total. The predicted molar refractivity (Wildman–Crippen MR) is 102 cm³/mol. The van der Waals surface area contributed by atoms with Crippen molar-refractivity contribution in [2.45, 2.75) is 25.4 Å². The van der Waals surface area contributed by atoms with Gasteiger partial charge in [0.05, 0.1) is 16.4 Å². The number of hydrogen-bond donors (Lipinski definition) is 0. The van der Waals surface area contributed by atoms with Crippen LogP contribution in [0.15, 0.2) is 45.5 Å². The third kappa shape index (κ3) is 2.99. The Hall–Kier alpha value is -0.780. The minimum atomic E-state index is 0.943. The van der Waals surface area contributed by atoms with E-state index in [9.17, 15) is 0 Å². The Morgan fingerprint density at radius 1 is 1.05 bits per heavy atom. The molecule has 3 rings (SSSR count). The molecule has 0 saturated heterocycles. The Morgan fingerprint density at radius 2 is 1.77 bits per heavy atom. The first-order valence-corrected chi connectivity index (χ1v) is 9.76. The summed E-state index contributed by atoms with van der Waals surface area (Å²) in [6.07, 6.45) is 1.98. The largest absolute Gasteiger partial charge is 0.298 e. The van der Waals surface area contributed by atoms with Crippen molar-refractivity contribution in [3.8, 4) is 0 Å². The maximum absolute atomic E-state index is 4.59. The zero-order chi connectivity index (χ0) is 15.7. The second kappa shape index (κ2) is 6.77. The Bertz CT molecular complexity index is 813. The molecule has 114 valence electrons. The summed E-state index contributed by atoms with van der Waals surface area (Å²) < 4.78 is 4.43. The van der Waals surface area contributed by atoms with E-state index in [1.54, 1.807) is 0 Å². The van der Waals surface area contributed by atoms with Gasteiger partial charge in [0.1, 0.15) is 0 Å². The number of thioether (sulfide) groups is 1. The van der Waals surface area contributed by atoms with Gasteiger partial charge in [0.15, 0.2) is 5.65 Å². The highest BCUT2D eigenvalue weighted by atomic mass is 79.9. The van der Waals surface area contributed by atoms with Gasteiger partial charge in [-0.25, -0.2) is 4.98 Å². The molecular weight excluding hydrogens is 424 g/mol. The molecule has 0 spiro atoms. The maximum Gasteiger partial charge on any atom is 0.151 e. The highest BCUT2D eigenvalue weighted by molar-refractivity contribution is 9.11. The zero-order valence-electron chi connectivity index (χ0n) is 12.4. The van der Waals surface area contributed by atoms with E-state index in [-0.39, 0.29) is 0 Å². The number of aromatic nitrogens is 2. The molecule has 2 heterocycles. The molecule has 0 aliphatic carbocycles. The van der Waals surface area contributed by atoms with Crippen LogP contribution in [0.4, 0.5) is 0 Å². The van der Waals surface area contributed by atoms with Crippen LogP contribution in [0.5, 0.6) is 0 Å². The molecule has 0 saturated carbocycles. The summed E-state index contributed by atoms with van der Waals surface area (Å²) in [6.45, 7) is 4.23. The van der Waals surface area contributed by atoms with Gasteiger partial charge in [0.2, 0.25) is 0 Å². The second-order valence-electron chi connectivity index (χ2n) is 5.23. The van der Waals surface area contributed by atoms with Gasteiger partial charge in [-0.1, -0.05) is 30.3 Å². The number of aryl methyl sites for hydroxylation is 1. The molecule has 0 fully saturated rings. The van der Waals surface area contributed by atoms with E-state index < -0.39 is 0 Å². The van der Waals surface area contributed by atoms with Crippen molar-refractivity contribution in [3.63, 3.8) is 0 Å². The average Bonchev–Trinajstić information content (AvgIpc) is 2.96. The smallest absolute Gasteiger partial charge is 0.151 e. The van der Waals surface area contributed by atoms with Crippen LogP contribution < -0.4 is 0 Å². The van der Waals surface area contributed by atoms with Gasteiger partial charge in [0.25, 0.3) is 0 Å². The number of fused-ring (bicyclic) bond motifs is 1. The van der Waals surface area contributed by atoms with E-state index in [1.165, 1.54) is 22.5 Å². The molecule has 0 aliphatic rings. The van der Waals surface area contributed by atoms with E-state index in [0.29, 0.717) is 0 Å². The minimum absolute atomic E-state index is 0.943. The maximum atomic E-state index is 4.59. The Labute approximate surface area is 151 Å². The molecule has 5 heteroatoms. The normalized spacial score (nSPS) is 11.3. The molecule has 0 aliphatic heterocycles. The molecule has 2 aromatic heterocycles. The molecule has 0 unspecified atom stereocenters. The standard InChI is InChI=1S/C17H16Br2N2S/c1-11-15(18)12(2)21-14(8-20-17(21)16(11)19)10-22-9-13-6-4-3-5-7-13/h3-8H,9-10H2,1-2H3. The fourth-order valence-electron chi connectivity index (χ4n) is 2.50. The number of imidazole rings is 1. The first-order valence-electron chi connectivity index (χ1n) is 7.01.